The van der Waals surface area contributed by atoms with Crippen molar-refractivity contribution in [2.24, 2.45) is 0 Å². The van der Waals surface area contributed by atoms with Gasteiger partial charge < -0.3 is 14.6 Å². The van der Waals surface area contributed by atoms with Gasteiger partial charge in [0.1, 0.15) is 0 Å². The van der Waals surface area contributed by atoms with Crippen LogP contribution in [0.4, 0.5) is 5.69 Å². The number of hydrogen-bond donors (Lipinski definition) is 1. The zero-order valence-corrected chi connectivity index (χ0v) is 15.4. The molecular weight excluding hydrogens is 338 g/mol. The molecule has 2 aromatic rings. The molecule has 0 spiro atoms. The Bertz CT molecular complexity index is 794. The van der Waals surface area contributed by atoms with E-state index in [-0.39, 0.29) is 5.91 Å². The van der Waals surface area contributed by atoms with E-state index in [1.54, 1.807) is 6.07 Å². The van der Waals surface area contributed by atoms with E-state index in [1.807, 2.05) is 52.0 Å². The summed E-state index contributed by atoms with van der Waals surface area (Å²) < 4.78 is 12.1. The lowest BCUT2D eigenvalue weighted by molar-refractivity contribution is 0.00578. The number of aromatic nitrogens is 1. The van der Waals surface area contributed by atoms with Gasteiger partial charge in [0.25, 0.3) is 5.91 Å². The second kappa shape index (κ2) is 6.44. The minimum absolute atomic E-state index is 0.277. The number of halogens is 1. The van der Waals surface area contributed by atoms with Crippen molar-refractivity contribution < 1.29 is 14.1 Å². The number of rotatable bonds is 3. The Morgan fingerprint density at radius 3 is 2.44 bits per heavy atom. The molecule has 7 heteroatoms. The van der Waals surface area contributed by atoms with Crippen molar-refractivity contribution in [3.05, 3.63) is 53.3 Å². The van der Waals surface area contributed by atoms with Crippen molar-refractivity contribution in [1.82, 2.24) is 4.98 Å². The molecule has 130 valence electrons. The summed E-state index contributed by atoms with van der Waals surface area (Å²) in [5.41, 5.74) is 1.07. The van der Waals surface area contributed by atoms with E-state index in [9.17, 15) is 4.79 Å². The van der Waals surface area contributed by atoms with E-state index in [0.29, 0.717) is 16.3 Å². The maximum absolute atomic E-state index is 12.3. The van der Waals surface area contributed by atoms with Crippen LogP contribution < -0.4 is 10.8 Å². The van der Waals surface area contributed by atoms with Crippen molar-refractivity contribution in [3.8, 4) is 0 Å². The molecule has 1 fully saturated rings. The number of carbonyl (C=O) groups is 1. The van der Waals surface area contributed by atoms with Gasteiger partial charge in [0.2, 0.25) is 0 Å². The third kappa shape index (κ3) is 3.71. The summed E-state index contributed by atoms with van der Waals surface area (Å²) in [5, 5.41) is 3.26. The first-order chi connectivity index (χ1) is 11.7. The highest BCUT2D eigenvalue weighted by Gasteiger charge is 2.51. The molecule has 0 aliphatic carbocycles. The topological polar surface area (TPSA) is 60.5 Å². The highest BCUT2D eigenvalue weighted by Crippen LogP contribution is 2.36. The first kappa shape index (κ1) is 17.9. The van der Waals surface area contributed by atoms with E-state index < -0.39 is 18.3 Å². The number of amides is 1. The van der Waals surface area contributed by atoms with Crippen molar-refractivity contribution in [1.29, 1.82) is 0 Å². The number of anilines is 1. The third-order valence-electron chi connectivity index (χ3n) is 4.64. The van der Waals surface area contributed by atoms with Crippen molar-refractivity contribution in [3.63, 3.8) is 0 Å². The standard InChI is InChI=1S/C18H20BClN2O3/c1-17(2)18(3,4)25-19(24-17)13-6-5-7-15(9-13)22-16(23)12-8-14(20)11-21-10-12/h5-11H,1-4H3,(H,22,23). The van der Waals surface area contributed by atoms with Gasteiger partial charge in [0.15, 0.2) is 0 Å². The molecule has 1 aliphatic rings. The van der Waals surface area contributed by atoms with Crippen LogP contribution in [0.1, 0.15) is 38.1 Å². The summed E-state index contributed by atoms with van der Waals surface area (Å²) >= 11 is 5.88. The van der Waals surface area contributed by atoms with E-state index in [1.165, 1.54) is 12.4 Å². The lowest BCUT2D eigenvalue weighted by Gasteiger charge is -2.32. The van der Waals surface area contributed by atoms with Crippen molar-refractivity contribution >= 4 is 35.8 Å². The molecule has 5 nitrogen and oxygen atoms in total. The number of carbonyl (C=O) groups excluding carboxylic acids is 1. The van der Waals surface area contributed by atoms with Gasteiger partial charge in [0, 0.05) is 18.1 Å². The molecule has 1 aromatic carbocycles. The van der Waals surface area contributed by atoms with Crippen LogP contribution in [0.15, 0.2) is 42.7 Å². The molecule has 0 radical (unpaired) electrons. The normalized spacial score (nSPS) is 18.2. The van der Waals surface area contributed by atoms with E-state index in [2.05, 4.69) is 10.3 Å². The van der Waals surface area contributed by atoms with E-state index >= 15 is 0 Å². The van der Waals surface area contributed by atoms with Crippen molar-refractivity contribution in [2.75, 3.05) is 5.32 Å². The number of nitrogens with one attached hydrogen (secondary N) is 1. The predicted molar refractivity (Wildman–Crippen MR) is 99.4 cm³/mol. The number of nitrogens with zero attached hydrogens (tertiary/aromatic N) is 1. The maximum Gasteiger partial charge on any atom is 0.494 e. The zero-order chi connectivity index (χ0) is 18.2. The molecular formula is C18H20BClN2O3. The fourth-order valence-electron chi connectivity index (χ4n) is 2.48. The van der Waals surface area contributed by atoms with Crippen LogP contribution in [0.25, 0.3) is 0 Å². The molecule has 1 aromatic heterocycles. The zero-order valence-electron chi connectivity index (χ0n) is 14.7. The van der Waals surface area contributed by atoms with Crippen LogP contribution in [0.2, 0.25) is 5.02 Å². The van der Waals surface area contributed by atoms with Gasteiger partial charge in [0.05, 0.1) is 21.8 Å². The largest absolute Gasteiger partial charge is 0.494 e. The van der Waals surface area contributed by atoms with Gasteiger partial charge >= 0.3 is 7.12 Å². The second-order valence-corrected chi connectivity index (χ2v) is 7.50. The first-order valence-corrected chi connectivity index (χ1v) is 8.43. The molecule has 25 heavy (non-hydrogen) atoms. The lowest BCUT2D eigenvalue weighted by atomic mass is 9.79. The fraction of sp³-hybridized carbons (Fsp3) is 0.333. The summed E-state index contributed by atoms with van der Waals surface area (Å²) in [7, 11) is -0.477. The minimum atomic E-state index is -0.477. The number of pyridine rings is 1. The van der Waals surface area contributed by atoms with E-state index in [4.69, 9.17) is 20.9 Å². The van der Waals surface area contributed by atoms with Gasteiger partial charge in [-0.2, -0.15) is 0 Å². The lowest BCUT2D eigenvalue weighted by Crippen LogP contribution is -2.41. The molecule has 2 heterocycles. The number of benzene rings is 1. The smallest absolute Gasteiger partial charge is 0.399 e. The first-order valence-electron chi connectivity index (χ1n) is 8.05. The molecule has 1 saturated heterocycles. The molecule has 3 rings (SSSR count). The van der Waals surface area contributed by atoms with Gasteiger partial charge in [-0.3, -0.25) is 9.78 Å². The Morgan fingerprint density at radius 1 is 1.12 bits per heavy atom. The van der Waals surface area contributed by atoms with E-state index in [0.717, 1.165) is 5.46 Å². The highest BCUT2D eigenvalue weighted by molar-refractivity contribution is 6.62. The van der Waals surface area contributed by atoms with Crippen LogP contribution >= 0.6 is 11.6 Å². The van der Waals surface area contributed by atoms with Gasteiger partial charge in [-0.15, -0.1) is 0 Å². The monoisotopic (exact) mass is 358 g/mol. The Balaban J connectivity index is 1.78. The van der Waals surface area contributed by atoms with Gasteiger partial charge in [-0.1, -0.05) is 23.7 Å². The van der Waals surface area contributed by atoms with Crippen molar-refractivity contribution in [2.45, 2.75) is 38.9 Å². The van der Waals surface area contributed by atoms with Crippen LogP contribution in [-0.4, -0.2) is 29.2 Å². The molecule has 0 unspecified atom stereocenters. The average Bonchev–Trinajstić information content (AvgIpc) is 2.76. The Morgan fingerprint density at radius 2 is 1.80 bits per heavy atom. The SMILES string of the molecule is CC1(C)OB(c2cccc(NC(=O)c3cncc(Cl)c3)c2)OC1(C)C. The molecule has 0 atom stereocenters. The van der Waals surface area contributed by atoms with Crippen LogP contribution in [0.3, 0.4) is 0 Å². The Labute approximate surface area is 152 Å². The molecule has 0 bridgehead atoms. The number of hydrogen-bond acceptors (Lipinski definition) is 4. The molecule has 1 aliphatic heterocycles. The predicted octanol–water partition coefficient (Wildman–Crippen LogP) is 3.29. The van der Waals surface area contributed by atoms with Gasteiger partial charge in [-0.25, -0.2) is 0 Å². The van der Waals surface area contributed by atoms with Crippen LogP contribution in [0, 0.1) is 0 Å². The second-order valence-electron chi connectivity index (χ2n) is 7.06. The summed E-state index contributed by atoms with van der Waals surface area (Å²) in [6, 6.07) is 9.00. The fourth-order valence-corrected chi connectivity index (χ4v) is 2.66. The summed E-state index contributed by atoms with van der Waals surface area (Å²) in [6.07, 6.45) is 2.95. The molecule has 1 N–H and O–H groups in total. The Hall–Kier alpha value is -1.89. The molecule has 1 amide bonds. The summed E-state index contributed by atoms with van der Waals surface area (Å²) in [4.78, 5) is 16.3. The minimum Gasteiger partial charge on any atom is -0.399 e. The third-order valence-corrected chi connectivity index (χ3v) is 4.84. The van der Waals surface area contributed by atoms with Crippen LogP contribution in [-0.2, 0) is 9.31 Å². The highest BCUT2D eigenvalue weighted by atomic mass is 35.5. The van der Waals surface area contributed by atoms with Gasteiger partial charge in [-0.05, 0) is 51.4 Å². The quantitative estimate of drug-likeness (QED) is 0.855. The maximum atomic E-state index is 12.3. The Kier molecular flexibility index (Phi) is 4.62. The average molecular weight is 359 g/mol. The molecule has 0 saturated carbocycles. The summed E-state index contributed by atoms with van der Waals surface area (Å²) in [5.74, 6) is -0.277. The van der Waals surface area contributed by atoms with Crippen LogP contribution in [0.5, 0.6) is 0 Å². The summed E-state index contributed by atoms with van der Waals surface area (Å²) in [6.45, 7) is 8.02.